The summed E-state index contributed by atoms with van der Waals surface area (Å²) in [6, 6.07) is 10.3. The molecular formula is C22H36N2O3S2. The van der Waals surface area contributed by atoms with Crippen molar-refractivity contribution < 1.29 is 14.1 Å². The molecule has 7 heteroatoms. The van der Waals surface area contributed by atoms with Crippen LogP contribution < -0.4 is 0 Å². The van der Waals surface area contributed by atoms with E-state index in [1.165, 1.54) is 0 Å². The smallest absolute Gasteiger partial charge is 0.222 e. The molecule has 1 heterocycles. The fourth-order valence-electron chi connectivity index (χ4n) is 3.76. The Kier molecular flexibility index (Phi) is 10.5. The van der Waals surface area contributed by atoms with Crippen LogP contribution >= 0.6 is 11.8 Å². The number of aliphatic hydroxyl groups excluding tert-OH is 1. The zero-order valence-corrected chi connectivity index (χ0v) is 19.4. The van der Waals surface area contributed by atoms with Gasteiger partial charge in [-0.05, 0) is 49.8 Å². The molecule has 2 rings (SSSR count). The molecule has 1 aliphatic heterocycles. The highest BCUT2D eigenvalue weighted by Gasteiger charge is 2.27. The van der Waals surface area contributed by atoms with Gasteiger partial charge in [-0.1, -0.05) is 30.3 Å². The Labute approximate surface area is 180 Å². The highest BCUT2D eigenvalue weighted by Crippen LogP contribution is 2.23. The van der Waals surface area contributed by atoms with Crippen LogP contribution in [0.25, 0.3) is 0 Å². The molecule has 1 aromatic carbocycles. The number of carbonyl (C=O) groups excluding carboxylic acids is 1. The standard InChI is InChI=1S/C22H36N2O3S2/c1-23-29(2,27)17-7-15-28-16-14-24-20(10-6-11-22(24)26)12-13-21(25)18-19-8-4-3-5-9-19/h3-5,8-9,20-21,25H,6-7,10-18H2,1-2H3/t20-,21?,29?/m1/s1. The predicted octanol–water partition coefficient (Wildman–Crippen LogP) is 3.60. The summed E-state index contributed by atoms with van der Waals surface area (Å²) in [5.41, 5.74) is 1.15. The van der Waals surface area contributed by atoms with Crippen molar-refractivity contribution in [3.8, 4) is 0 Å². The van der Waals surface area contributed by atoms with E-state index >= 15 is 0 Å². The third-order valence-corrected chi connectivity index (χ3v) is 8.38. The Morgan fingerprint density at radius 1 is 1.31 bits per heavy atom. The van der Waals surface area contributed by atoms with E-state index in [-0.39, 0.29) is 18.1 Å². The largest absolute Gasteiger partial charge is 0.393 e. The van der Waals surface area contributed by atoms with Crippen molar-refractivity contribution in [3.63, 3.8) is 0 Å². The number of nitrogens with zero attached hydrogens (tertiary/aromatic N) is 2. The number of hydrogen-bond acceptors (Lipinski definition) is 5. The summed E-state index contributed by atoms with van der Waals surface area (Å²) < 4.78 is 15.9. The van der Waals surface area contributed by atoms with Crippen LogP contribution in [0.2, 0.25) is 0 Å². The maximum Gasteiger partial charge on any atom is 0.222 e. The van der Waals surface area contributed by atoms with Crippen molar-refractivity contribution in [1.29, 1.82) is 0 Å². The molecule has 29 heavy (non-hydrogen) atoms. The number of likely N-dealkylation sites (tertiary alicyclic amines) is 1. The van der Waals surface area contributed by atoms with Crippen molar-refractivity contribution in [1.82, 2.24) is 4.90 Å². The number of benzene rings is 1. The molecular weight excluding hydrogens is 404 g/mol. The van der Waals surface area contributed by atoms with Crippen molar-refractivity contribution in [3.05, 3.63) is 35.9 Å². The van der Waals surface area contributed by atoms with Gasteiger partial charge >= 0.3 is 0 Å². The molecule has 0 spiro atoms. The second-order valence-electron chi connectivity index (χ2n) is 7.87. The molecule has 0 radical (unpaired) electrons. The average Bonchev–Trinajstić information content (AvgIpc) is 2.71. The topological polar surface area (TPSA) is 70.0 Å². The van der Waals surface area contributed by atoms with E-state index in [1.54, 1.807) is 13.3 Å². The Morgan fingerprint density at radius 3 is 2.79 bits per heavy atom. The summed E-state index contributed by atoms with van der Waals surface area (Å²) in [4.78, 5) is 14.5. The van der Waals surface area contributed by atoms with Crippen LogP contribution in [0, 0.1) is 0 Å². The third-order valence-electron chi connectivity index (χ3n) is 5.51. The summed E-state index contributed by atoms with van der Waals surface area (Å²) in [6.07, 6.45) is 7.12. The van der Waals surface area contributed by atoms with Crippen LogP contribution in [-0.2, 0) is 20.9 Å². The molecule has 0 aromatic heterocycles. The molecule has 1 N–H and O–H groups in total. The minimum absolute atomic E-state index is 0.246. The molecule has 2 unspecified atom stereocenters. The SMILES string of the molecule is CN=S(C)(=O)CCCSCCN1C(=O)CCC[C@@H]1CCC(O)Cc1ccccc1. The summed E-state index contributed by atoms with van der Waals surface area (Å²) in [6.45, 7) is 0.766. The highest BCUT2D eigenvalue weighted by molar-refractivity contribution is 7.99. The van der Waals surface area contributed by atoms with Gasteiger partial charge in [0.1, 0.15) is 0 Å². The monoisotopic (exact) mass is 440 g/mol. The van der Waals surface area contributed by atoms with Crippen LogP contribution in [0.3, 0.4) is 0 Å². The fraction of sp³-hybridized carbons (Fsp3) is 0.682. The van der Waals surface area contributed by atoms with Gasteiger partial charge in [-0.15, -0.1) is 0 Å². The van der Waals surface area contributed by atoms with Gasteiger partial charge in [0.2, 0.25) is 5.91 Å². The normalized spacial score (nSPS) is 20.3. The van der Waals surface area contributed by atoms with Crippen LogP contribution in [0.15, 0.2) is 34.7 Å². The number of piperidine rings is 1. The molecule has 1 fully saturated rings. The Hall–Kier alpha value is -1.05. The van der Waals surface area contributed by atoms with E-state index in [1.807, 2.05) is 47.0 Å². The Bertz CT molecular complexity index is 733. The van der Waals surface area contributed by atoms with Crippen molar-refractivity contribution in [2.45, 2.75) is 57.1 Å². The summed E-state index contributed by atoms with van der Waals surface area (Å²) in [5, 5.41) is 10.4. The van der Waals surface area contributed by atoms with Crippen LogP contribution in [0.1, 0.15) is 44.1 Å². The van der Waals surface area contributed by atoms with Crippen LogP contribution in [0.4, 0.5) is 0 Å². The Balaban J connectivity index is 1.72. The number of carbonyl (C=O) groups is 1. The first kappa shape index (κ1) is 24.2. The third kappa shape index (κ3) is 9.09. The van der Waals surface area contributed by atoms with Crippen LogP contribution in [0.5, 0.6) is 0 Å². The molecule has 3 atom stereocenters. The molecule has 1 amide bonds. The predicted molar refractivity (Wildman–Crippen MR) is 124 cm³/mol. The Morgan fingerprint density at radius 2 is 2.07 bits per heavy atom. The number of amides is 1. The molecule has 0 aliphatic carbocycles. The van der Waals surface area contributed by atoms with Crippen LogP contribution in [-0.4, -0.2) is 69.4 Å². The van der Waals surface area contributed by atoms with E-state index in [4.69, 9.17) is 0 Å². The van der Waals surface area contributed by atoms with E-state index in [0.29, 0.717) is 18.6 Å². The minimum Gasteiger partial charge on any atom is -0.393 e. The second-order valence-corrected chi connectivity index (χ2v) is 11.8. The maximum absolute atomic E-state index is 12.4. The lowest BCUT2D eigenvalue weighted by Crippen LogP contribution is -2.45. The summed E-state index contributed by atoms with van der Waals surface area (Å²) in [7, 11) is -0.390. The van der Waals surface area contributed by atoms with Gasteiger partial charge < -0.3 is 10.0 Å². The van der Waals surface area contributed by atoms with Gasteiger partial charge in [-0.25, -0.2) is 4.36 Å². The summed E-state index contributed by atoms with van der Waals surface area (Å²) >= 11 is 1.82. The first-order valence-electron chi connectivity index (χ1n) is 10.6. The lowest BCUT2D eigenvalue weighted by molar-refractivity contribution is -0.136. The number of aliphatic hydroxyl groups is 1. The number of hydrogen-bond donors (Lipinski definition) is 1. The van der Waals surface area contributed by atoms with Gasteiger partial charge in [-0.3, -0.25) is 9.00 Å². The molecule has 164 valence electrons. The molecule has 0 saturated carbocycles. The minimum atomic E-state index is -2.01. The van der Waals surface area contributed by atoms with Gasteiger partial charge in [0, 0.05) is 53.5 Å². The summed E-state index contributed by atoms with van der Waals surface area (Å²) in [5.74, 6) is 2.74. The second kappa shape index (κ2) is 12.6. The molecule has 1 saturated heterocycles. The van der Waals surface area contributed by atoms with Gasteiger partial charge in [0.05, 0.1) is 6.10 Å². The molecule has 1 aliphatic rings. The first-order valence-corrected chi connectivity index (χ1v) is 13.8. The highest BCUT2D eigenvalue weighted by atomic mass is 32.2. The molecule has 0 bridgehead atoms. The van der Waals surface area contributed by atoms with Crippen molar-refractivity contribution in [2.24, 2.45) is 4.36 Å². The van der Waals surface area contributed by atoms with Crippen molar-refractivity contribution >= 4 is 27.4 Å². The van der Waals surface area contributed by atoms with E-state index in [9.17, 15) is 14.1 Å². The van der Waals surface area contributed by atoms with Crippen molar-refractivity contribution in [2.75, 3.05) is 37.1 Å². The lowest BCUT2D eigenvalue weighted by atomic mass is 9.94. The van der Waals surface area contributed by atoms with Gasteiger partial charge in [-0.2, -0.15) is 11.8 Å². The quantitative estimate of drug-likeness (QED) is 0.504. The van der Waals surface area contributed by atoms with Gasteiger partial charge in [0.15, 0.2) is 0 Å². The molecule has 5 nitrogen and oxygen atoms in total. The number of rotatable bonds is 12. The lowest BCUT2D eigenvalue weighted by Gasteiger charge is -2.36. The number of thioether (sulfide) groups is 1. The maximum atomic E-state index is 12.4. The van der Waals surface area contributed by atoms with E-state index < -0.39 is 9.73 Å². The zero-order chi connectivity index (χ0) is 21.1. The van der Waals surface area contributed by atoms with E-state index in [2.05, 4.69) is 4.36 Å². The zero-order valence-electron chi connectivity index (χ0n) is 17.8. The first-order chi connectivity index (χ1) is 13.9. The van der Waals surface area contributed by atoms with E-state index in [0.717, 1.165) is 55.7 Å². The van der Waals surface area contributed by atoms with Gasteiger partial charge in [0.25, 0.3) is 0 Å². The molecule has 1 aromatic rings. The fourth-order valence-corrected chi connectivity index (χ4v) is 5.68. The average molecular weight is 441 g/mol.